The molecule has 3 rings (SSSR count). The predicted octanol–water partition coefficient (Wildman–Crippen LogP) is 3.06. The minimum atomic E-state index is -0.386. The van der Waals surface area contributed by atoms with E-state index in [4.69, 9.17) is 11.6 Å². The number of benzene rings is 2. The number of halogens is 1. The summed E-state index contributed by atoms with van der Waals surface area (Å²) in [4.78, 5) is 24.9. The number of likely N-dealkylation sites (N-methyl/N-ethyl adjacent to an activating group) is 1. The van der Waals surface area contributed by atoms with Crippen molar-refractivity contribution in [2.45, 2.75) is 0 Å². The van der Waals surface area contributed by atoms with E-state index in [1.165, 1.54) is 16.2 Å². The number of nitrogens with zero attached hydrogens (tertiary/aromatic N) is 2. The van der Waals surface area contributed by atoms with E-state index in [1.54, 1.807) is 31.3 Å². The van der Waals surface area contributed by atoms with Gasteiger partial charge in [-0.1, -0.05) is 29.8 Å². The van der Waals surface area contributed by atoms with Crippen LogP contribution in [0.2, 0.25) is 5.02 Å². The highest BCUT2D eigenvalue weighted by Crippen LogP contribution is 2.26. The van der Waals surface area contributed by atoms with Crippen molar-refractivity contribution >= 4 is 34.8 Å². The first-order valence-corrected chi connectivity index (χ1v) is 7.35. The molecule has 6 heteroatoms. The molecule has 0 atom stereocenters. The number of hydrogen-bond donors (Lipinski definition) is 1. The average molecular weight is 328 g/mol. The monoisotopic (exact) mass is 327 g/mol. The second-order valence-electron chi connectivity index (χ2n) is 4.99. The van der Waals surface area contributed by atoms with E-state index in [9.17, 15) is 9.59 Å². The predicted molar refractivity (Wildman–Crippen MR) is 89.9 cm³/mol. The van der Waals surface area contributed by atoms with Crippen molar-refractivity contribution in [3.63, 3.8) is 0 Å². The average Bonchev–Trinajstić information content (AvgIpc) is 2.78. The Morgan fingerprint density at radius 1 is 0.957 bits per heavy atom. The second kappa shape index (κ2) is 6.14. The fourth-order valence-electron chi connectivity index (χ4n) is 2.29. The number of carbonyl (C=O) groups is 2. The lowest BCUT2D eigenvalue weighted by atomic mass is 10.2. The molecule has 0 spiro atoms. The molecule has 0 aromatic heterocycles. The molecule has 1 aliphatic rings. The minimum Gasteiger partial charge on any atom is -0.361 e. The lowest BCUT2D eigenvalue weighted by molar-refractivity contribution is -0.124. The number of para-hydroxylation sites is 1. The quantitative estimate of drug-likeness (QED) is 0.696. The molecule has 1 N–H and O–H groups in total. The summed E-state index contributed by atoms with van der Waals surface area (Å²) in [6, 6.07) is 16.0. The van der Waals surface area contributed by atoms with Gasteiger partial charge < -0.3 is 5.32 Å². The van der Waals surface area contributed by atoms with Crippen LogP contribution in [0.5, 0.6) is 0 Å². The van der Waals surface area contributed by atoms with Gasteiger partial charge in [-0.05, 0) is 36.4 Å². The van der Waals surface area contributed by atoms with E-state index in [2.05, 4.69) is 5.32 Å². The van der Waals surface area contributed by atoms with E-state index < -0.39 is 0 Å². The molecule has 23 heavy (non-hydrogen) atoms. The molecule has 0 aliphatic carbocycles. The molecule has 2 aromatic carbocycles. The van der Waals surface area contributed by atoms with Crippen molar-refractivity contribution in [3.8, 4) is 0 Å². The normalized spacial score (nSPS) is 16.3. The van der Waals surface area contributed by atoms with Crippen molar-refractivity contribution < 1.29 is 9.59 Å². The third kappa shape index (κ3) is 2.91. The Labute approximate surface area is 138 Å². The van der Waals surface area contributed by atoms with Crippen LogP contribution in [0, 0.1) is 0 Å². The molecule has 0 unspecified atom stereocenters. The molecule has 1 aliphatic heterocycles. The summed E-state index contributed by atoms with van der Waals surface area (Å²) >= 11 is 5.86. The fourth-order valence-corrected chi connectivity index (χ4v) is 2.42. The number of hydrazine groups is 1. The van der Waals surface area contributed by atoms with Gasteiger partial charge in [0.05, 0.1) is 5.69 Å². The van der Waals surface area contributed by atoms with Crippen LogP contribution in [0.4, 0.5) is 11.4 Å². The topological polar surface area (TPSA) is 52.7 Å². The van der Waals surface area contributed by atoms with Crippen LogP contribution in [0.25, 0.3) is 0 Å². The van der Waals surface area contributed by atoms with Gasteiger partial charge in [0.1, 0.15) is 5.57 Å². The van der Waals surface area contributed by atoms with Gasteiger partial charge in [0.2, 0.25) is 0 Å². The molecule has 0 bridgehead atoms. The van der Waals surface area contributed by atoms with E-state index >= 15 is 0 Å². The largest absolute Gasteiger partial charge is 0.361 e. The van der Waals surface area contributed by atoms with Crippen LogP contribution in [-0.4, -0.2) is 23.9 Å². The lowest BCUT2D eigenvalue weighted by Gasteiger charge is -2.23. The van der Waals surface area contributed by atoms with Crippen LogP contribution in [0.3, 0.4) is 0 Å². The minimum absolute atomic E-state index is 0.0753. The first-order chi connectivity index (χ1) is 11.1. The van der Waals surface area contributed by atoms with Crippen LogP contribution in [-0.2, 0) is 9.59 Å². The summed E-state index contributed by atoms with van der Waals surface area (Å²) in [6.45, 7) is 0. The number of amides is 2. The summed E-state index contributed by atoms with van der Waals surface area (Å²) < 4.78 is 0. The molecule has 5 nitrogen and oxygen atoms in total. The molecular formula is C17H14ClN3O2. The van der Waals surface area contributed by atoms with Gasteiger partial charge in [-0.3, -0.25) is 9.59 Å². The number of rotatable bonds is 3. The molecular weight excluding hydrogens is 314 g/mol. The Morgan fingerprint density at radius 2 is 1.61 bits per heavy atom. The Kier molecular flexibility index (Phi) is 4.04. The molecule has 2 aromatic rings. The highest BCUT2D eigenvalue weighted by molar-refractivity contribution is 6.31. The zero-order chi connectivity index (χ0) is 16.4. The van der Waals surface area contributed by atoms with E-state index in [0.717, 1.165) is 5.69 Å². The molecule has 0 saturated carbocycles. The maximum absolute atomic E-state index is 12.6. The molecule has 1 saturated heterocycles. The van der Waals surface area contributed by atoms with Gasteiger partial charge in [-0.2, -0.15) is 0 Å². The molecule has 0 radical (unpaired) electrons. The van der Waals surface area contributed by atoms with Gasteiger partial charge in [0, 0.05) is 24.0 Å². The molecule has 2 amide bonds. The fraction of sp³-hybridized carbons (Fsp3) is 0.0588. The van der Waals surface area contributed by atoms with Crippen molar-refractivity contribution in [2.24, 2.45) is 0 Å². The molecule has 1 fully saturated rings. The highest BCUT2D eigenvalue weighted by atomic mass is 35.5. The van der Waals surface area contributed by atoms with E-state index in [1.807, 2.05) is 30.3 Å². The third-order valence-corrected chi connectivity index (χ3v) is 3.73. The van der Waals surface area contributed by atoms with Crippen LogP contribution >= 0.6 is 11.6 Å². The van der Waals surface area contributed by atoms with E-state index in [0.29, 0.717) is 10.7 Å². The number of anilines is 2. The highest BCUT2D eigenvalue weighted by Gasteiger charge is 2.39. The van der Waals surface area contributed by atoms with Crippen LogP contribution in [0.15, 0.2) is 66.4 Å². The lowest BCUT2D eigenvalue weighted by Crippen LogP contribution is -2.37. The SMILES string of the molecule is CN1C(=O)/C(=C\Nc2ccccc2)C(=O)N1c1ccc(Cl)cc1. The Morgan fingerprint density at radius 3 is 2.26 bits per heavy atom. The Bertz CT molecular complexity index is 772. The number of nitrogens with one attached hydrogen (secondary N) is 1. The maximum atomic E-state index is 12.6. The van der Waals surface area contributed by atoms with Gasteiger partial charge in [0.25, 0.3) is 11.8 Å². The van der Waals surface area contributed by atoms with Gasteiger partial charge in [0.15, 0.2) is 0 Å². The first kappa shape index (κ1) is 15.1. The zero-order valence-corrected chi connectivity index (χ0v) is 13.1. The first-order valence-electron chi connectivity index (χ1n) is 6.97. The zero-order valence-electron chi connectivity index (χ0n) is 12.4. The van der Waals surface area contributed by atoms with Crippen molar-refractivity contribution in [2.75, 3.05) is 17.4 Å². The van der Waals surface area contributed by atoms with E-state index in [-0.39, 0.29) is 17.4 Å². The summed E-state index contributed by atoms with van der Waals surface area (Å²) in [7, 11) is 1.55. The van der Waals surface area contributed by atoms with Crippen molar-refractivity contribution in [1.29, 1.82) is 0 Å². The van der Waals surface area contributed by atoms with Gasteiger partial charge >= 0.3 is 0 Å². The summed E-state index contributed by atoms with van der Waals surface area (Å²) in [5.41, 5.74) is 1.46. The molecule has 116 valence electrons. The Balaban J connectivity index is 1.87. The summed E-state index contributed by atoms with van der Waals surface area (Å²) in [6.07, 6.45) is 1.44. The van der Waals surface area contributed by atoms with Gasteiger partial charge in [-0.25, -0.2) is 10.0 Å². The standard InChI is InChI=1S/C17H14ClN3O2/c1-20-16(22)15(11-19-13-5-3-2-4-6-13)17(23)21(20)14-9-7-12(18)8-10-14/h2-11,19H,1H3/b15-11+. The molecule has 1 heterocycles. The van der Waals surface area contributed by atoms with Gasteiger partial charge in [-0.15, -0.1) is 0 Å². The van der Waals surface area contributed by atoms with Crippen LogP contribution < -0.4 is 10.3 Å². The number of hydrogen-bond acceptors (Lipinski definition) is 3. The van der Waals surface area contributed by atoms with Crippen molar-refractivity contribution in [3.05, 3.63) is 71.4 Å². The summed E-state index contributed by atoms with van der Waals surface area (Å²) in [5, 5.41) is 6.14. The maximum Gasteiger partial charge on any atom is 0.284 e. The van der Waals surface area contributed by atoms with Crippen LogP contribution in [0.1, 0.15) is 0 Å². The number of carbonyl (C=O) groups excluding carboxylic acids is 2. The third-order valence-electron chi connectivity index (χ3n) is 3.48. The summed E-state index contributed by atoms with van der Waals surface area (Å²) in [5.74, 6) is -0.753. The second-order valence-corrected chi connectivity index (χ2v) is 5.43. The van der Waals surface area contributed by atoms with Crippen molar-refractivity contribution in [1.82, 2.24) is 5.01 Å². The smallest absolute Gasteiger partial charge is 0.284 e. The Hall–Kier alpha value is -2.79.